The molecule has 0 aliphatic carbocycles. The predicted octanol–water partition coefficient (Wildman–Crippen LogP) is 1.56. The number of alkyl halides is 6. The molecule has 2 unspecified atom stereocenters. The molecule has 11 heteroatoms. The van der Waals surface area contributed by atoms with Crippen LogP contribution in [-0.4, -0.2) is 61.9 Å². The van der Waals surface area contributed by atoms with Gasteiger partial charge >= 0.3 is 12.4 Å². The highest BCUT2D eigenvalue weighted by molar-refractivity contribution is 5.85. The van der Waals surface area contributed by atoms with Crippen LogP contribution in [0.4, 0.5) is 26.3 Å². The highest BCUT2D eigenvalue weighted by atomic mass is 35.5. The Morgan fingerprint density at radius 3 is 2.05 bits per heavy atom. The monoisotopic (exact) mass is 357 g/mol. The standard InChI is InChI=1S/C11H17F6N3O.ClH/c1-7(10(12,13)14)9(21)19-6-8(11(15,16)17)20-4-2-18-3-5-20;/h7-8,18H,2-6H2,1H3,(H,19,21);1H. The van der Waals surface area contributed by atoms with Crippen LogP contribution in [-0.2, 0) is 4.79 Å². The molecule has 0 saturated carbocycles. The molecule has 1 amide bonds. The molecular weight excluding hydrogens is 340 g/mol. The SMILES string of the molecule is CC(C(=O)NCC(N1CCNCC1)C(F)(F)F)C(F)(F)F.Cl. The first-order chi connectivity index (χ1) is 9.53. The number of carbonyl (C=O) groups excluding carboxylic acids is 1. The summed E-state index contributed by atoms with van der Waals surface area (Å²) in [6.45, 7) is 0.689. The summed E-state index contributed by atoms with van der Waals surface area (Å²) in [5, 5.41) is 4.63. The second-order valence-corrected chi connectivity index (χ2v) is 4.85. The lowest BCUT2D eigenvalue weighted by molar-refractivity contribution is -0.187. The Morgan fingerprint density at radius 2 is 1.64 bits per heavy atom. The minimum atomic E-state index is -4.77. The average molecular weight is 358 g/mol. The third-order valence-electron chi connectivity index (χ3n) is 3.32. The predicted molar refractivity (Wildman–Crippen MR) is 69.8 cm³/mol. The van der Waals surface area contributed by atoms with Crippen LogP contribution in [0.15, 0.2) is 0 Å². The molecule has 0 aromatic heterocycles. The summed E-state index contributed by atoms with van der Waals surface area (Å²) in [6, 6.07) is -1.98. The zero-order chi connectivity index (χ0) is 16.3. The molecule has 0 aromatic rings. The van der Waals surface area contributed by atoms with Gasteiger partial charge in [-0.15, -0.1) is 12.4 Å². The fourth-order valence-electron chi connectivity index (χ4n) is 1.94. The molecule has 132 valence electrons. The van der Waals surface area contributed by atoms with Crippen molar-refractivity contribution in [3.8, 4) is 0 Å². The molecule has 1 aliphatic rings. The Balaban J connectivity index is 0.00000441. The summed E-state index contributed by atoms with van der Waals surface area (Å²) in [4.78, 5) is 12.4. The van der Waals surface area contributed by atoms with Gasteiger partial charge in [-0.2, -0.15) is 26.3 Å². The molecule has 22 heavy (non-hydrogen) atoms. The average Bonchev–Trinajstić information content (AvgIpc) is 2.36. The van der Waals surface area contributed by atoms with Gasteiger partial charge in [-0.1, -0.05) is 0 Å². The highest BCUT2D eigenvalue weighted by Crippen LogP contribution is 2.27. The van der Waals surface area contributed by atoms with Gasteiger partial charge in [0.05, 0.1) is 0 Å². The third kappa shape index (κ3) is 6.17. The van der Waals surface area contributed by atoms with Crippen molar-refractivity contribution >= 4 is 18.3 Å². The van der Waals surface area contributed by atoms with E-state index in [9.17, 15) is 31.1 Å². The summed E-state index contributed by atoms with van der Waals surface area (Å²) in [5.74, 6) is -3.79. The number of nitrogens with one attached hydrogen (secondary N) is 2. The van der Waals surface area contributed by atoms with Crippen molar-refractivity contribution in [3.05, 3.63) is 0 Å². The van der Waals surface area contributed by atoms with E-state index in [1.165, 1.54) is 0 Å². The van der Waals surface area contributed by atoms with Gasteiger partial charge in [0.2, 0.25) is 5.91 Å². The fraction of sp³-hybridized carbons (Fsp3) is 0.909. The molecule has 4 nitrogen and oxygen atoms in total. The van der Waals surface area contributed by atoms with Crippen molar-refractivity contribution in [2.45, 2.75) is 25.3 Å². The summed E-state index contributed by atoms with van der Waals surface area (Å²) in [5.41, 5.74) is 0. The van der Waals surface area contributed by atoms with Crippen LogP contribution in [0.1, 0.15) is 6.92 Å². The van der Waals surface area contributed by atoms with Gasteiger partial charge in [0.1, 0.15) is 12.0 Å². The maximum absolute atomic E-state index is 13.0. The van der Waals surface area contributed by atoms with E-state index in [-0.39, 0.29) is 25.5 Å². The summed E-state index contributed by atoms with van der Waals surface area (Å²) in [7, 11) is 0. The van der Waals surface area contributed by atoms with E-state index >= 15 is 0 Å². The Kier molecular flexibility index (Phi) is 7.93. The Hall–Kier alpha value is -0.740. The van der Waals surface area contributed by atoms with Crippen LogP contribution in [0.5, 0.6) is 0 Å². The van der Waals surface area contributed by atoms with E-state index in [0.717, 1.165) is 4.90 Å². The van der Waals surface area contributed by atoms with Gasteiger partial charge < -0.3 is 10.6 Å². The Bertz CT molecular complexity index is 357. The van der Waals surface area contributed by atoms with Crippen molar-refractivity contribution in [3.63, 3.8) is 0 Å². The molecule has 1 aliphatic heterocycles. The lowest BCUT2D eigenvalue weighted by Gasteiger charge is -2.36. The number of piperazine rings is 1. The number of amides is 1. The van der Waals surface area contributed by atoms with Crippen LogP contribution >= 0.6 is 12.4 Å². The normalized spacial score (nSPS) is 20.0. The van der Waals surface area contributed by atoms with Crippen molar-refractivity contribution in [2.75, 3.05) is 32.7 Å². The highest BCUT2D eigenvalue weighted by Gasteiger charge is 2.45. The first-order valence-electron chi connectivity index (χ1n) is 6.39. The number of hydrogen-bond donors (Lipinski definition) is 2. The maximum Gasteiger partial charge on any atom is 0.405 e. The number of carbonyl (C=O) groups is 1. The lowest BCUT2D eigenvalue weighted by atomic mass is 10.1. The van der Waals surface area contributed by atoms with Gasteiger partial charge in [0.25, 0.3) is 0 Å². The van der Waals surface area contributed by atoms with Gasteiger partial charge in [0.15, 0.2) is 0 Å². The number of rotatable bonds is 4. The molecule has 0 spiro atoms. The number of halogens is 7. The minimum absolute atomic E-state index is 0. The first kappa shape index (κ1) is 21.3. The van der Waals surface area contributed by atoms with Crippen molar-refractivity contribution < 1.29 is 31.1 Å². The molecule has 0 aromatic carbocycles. The topological polar surface area (TPSA) is 44.4 Å². The molecule has 1 fully saturated rings. The molecule has 1 saturated heterocycles. The molecule has 1 heterocycles. The van der Waals surface area contributed by atoms with E-state index < -0.39 is 36.8 Å². The molecule has 2 N–H and O–H groups in total. The van der Waals surface area contributed by atoms with Crippen LogP contribution in [0.3, 0.4) is 0 Å². The Labute approximate surface area is 130 Å². The molecule has 0 bridgehead atoms. The molecule has 0 radical (unpaired) electrons. The van der Waals surface area contributed by atoms with E-state index in [4.69, 9.17) is 0 Å². The van der Waals surface area contributed by atoms with Gasteiger partial charge in [0, 0.05) is 32.7 Å². The second kappa shape index (κ2) is 8.21. The van der Waals surface area contributed by atoms with Gasteiger partial charge in [-0.3, -0.25) is 9.69 Å². The molecular formula is C11H18ClF6N3O. The van der Waals surface area contributed by atoms with Crippen LogP contribution in [0, 0.1) is 5.92 Å². The first-order valence-corrected chi connectivity index (χ1v) is 6.39. The van der Waals surface area contributed by atoms with Gasteiger partial charge in [-0.25, -0.2) is 0 Å². The van der Waals surface area contributed by atoms with Crippen LogP contribution in [0.2, 0.25) is 0 Å². The zero-order valence-electron chi connectivity index (χ0n) is 11.7. The van der Waals surface area contributed by atoms with Crippen LogP contribution < -0.4 is 10.6 Å². The van der Waals surface area contributed by atoms with E-state index in [1.54, 1.807) is 5.32 Å². The molecule has 2 atom stereocenters. The summed E-state index contributed by atoms with van der Waals surface area (Å²) in [6.07, 6.45) is -9.39. The quantitative estimate of drug-likeness (QED) is 0.751. The second-order valence-electron chi connectivity index (χ2n) is 4.85. The van der Waals surface area contributed by atoms with E-state index in [0.29, 0.717) is 20.0 Å². The number of nitrogens with zero attached hydrogens (tertiary/aromatic N) is 1. The van der Waals surface area contributed by atoms with E-state index in [1.807, 2.05) is 0 Å². The molecule has 1 rings (SSSR count). The van der Waals surface area contributed by atoms with Gasteiger partial charge in [-0.05, 0) is 6.92 Å². The maximum atomic E-state index is 13.0. The van der Waals surface area contributed by atoms with Crippen molar-refractivity contribution in [2.24, 2.45) is 5.92 Å². The van der Waals surface area contributed by atoms with Crippen molar-refractivity contribution in [1.29, 1.82) is 0 Å². The van der Waals surface area contributed by atoms with Crippen molar-refractivity contribution in [1.82, 2.24) is 15.5 Å². The largest absolute Gasteiger partial charge is 0.405 e. The van der Waals surface area contributed by atoms with E-state index in [2.05, 4.69) is 5.32 Å². The smallest absolute Gasteiger partial charge is 0.354 e. The minimum Gasteiger partial charge on any atom is -0.354 e. The number of hydrogen-bond acceptors (Lipinski definition) is 3. The Morgan fingerprint density at radius 1 is 1.14 bits per heavy atom. The summed E-state index contributed by atoms with van der Waals surface area (Å²) < 4.78 is 75.8. The summed E-state index contributed by atoms with van der Waals surface area (Å²) >= 11 is 0. The third-order valence-corrected chi connectivity index (χ3v) is 3.32. The fourth-order valence-corrected chi connectivity index (χ4v) is 1.94. The zero-order valence-corrected chi connectivity index (χ0v) is 12.5. The lowest BCUT2D eigenvalue weighted by Crippen LogP contribution is -2.58. The van der Waals surface area contributed by atoms with Crippen LogP contribution in [0.25, 0.3) is 0 Å².